The Morgan fingerprint density at radius 3 is 2.61 bits per heavy atom. The van der Waals surface area contributed by atoms with Gasteiger partial charge in [-0.25, -0.2) is 9.36 Å². The van der Waals surface area contributed by atoms with E-state index in [9.17, 15) is 14.5 Å². The lowest BCUT2D eigenvalue weighted by Crippen LogP contribution is -2.06. The minimum Gasteiger partial charge on any atom is -0.508 e. The molecule has 96 valence electrons. The zero-order chi connectivity index (χ0) is 13.5. The van der Waals surface area contributed by atoms with Crippen LogP contribution in [0.3, 0.4) is 0 Å². The SMILES string of the molecule is Cc1c(OP(=O)(O)O)c2ccc(O)cc2oc1=O. The summed E-state index contributed by atoms with van der Waals surface area (Å²) >= 11 is 0. The zero-order valence-electron chi connectivity index (χ0n) is 9.15. The monoisotopic (exact) mass is 272 g/mol. The van der Waals surface area contributed by atoms with Gasteiger partial charge in [-0.1, -0.05) is 0 Å². The van der Waals surface area contributed by atoms with E-state index in [0.29, 0.717) is 0 Å². The predicted molar refractivity (Wildman–Crippen MR) is 61.6 cm³/mol. The van der Waals surface area contributed by atoms with Crippen molar-refractivity contribution in [1.82, 2.24) is 0 Å². The molecule has 0 atom stereocenters. The molecule has 0 saturated heterocycles. The molecule has 1 aromatic heterocycles. The molecule has 2 aromatic rings. The van der Waals surface area contributed by atoms with Crippen molar-refractivity contribution in [3.63, 3.8) is 0 Å². The zero-order valence-corrected chi connectivity index (χ0v) is 10.0. The van der Waals surface area contributed by atoms with Crippen LogP contribution in [-0.2, 0) is 4.57 Å². The van der Waals surface area contributed by atoms with Gasteiger partial charge in [0.25, 0.3) is 0 Å². The highest BCUT2D eigenvalue weighted by molar-refractivity contribution is 7.46. The summed E-state index contributed by atoms with van der Waals surface area (Å²) in [5.74, 6) is -0.397. The Bertz CT molecular complexity index is 712. The number of phosphoric ester groups is 1. The predicted octanol–water partition coefficient (Wildman–Crippen LogP) is 1.28. The highest BCUT2D eigenvalue weighted by atomic mass is 31.2. The summed E-state index contributed by atoms with van der Waals surface area (Å²) in [7, 11) is -4.79. The van der Waals surface area contributed by atoms with Gasteiger partial charge < -0.3 is 14.0 Å². The summed E-state index contributed by atoms with van der Waals surface area (Å²) in [5.41, 5.74) is -0.873. The lowest BCUT2D eigenvalue weighted by Gasteiger charge is -2.11. The summed E-state index contributed by atoms with van der Waals surface area (Å²) in [4.78, 5) is 29.1. The van der Waals surface area contributed by atoms with E-state index >= 15 is 0 Å². The van der Waals surface area contributed by atoms with E-state index in [4.69, 9.17) is 14.2 Å². The van der Waals surface area contributed by atoms with E-state index < -0.39 is 13.4 Å². The van der Waals surface area contributed by atoms with Crippen LogP contribution >= 0.6 is 7.82 Å². The van der Waals surface area contributed by atoms with E-state index in [1.807, 2.05) is 0 Å². The van der Waals surface area contributed by atoms with Crippen LogP contribution in [0.25, 0.3) is 11.0 Å². The number of fused-ring (bicyclic) bond motifs is 1. The average Bonchev–Trinajstić information content (AvgIpc) is 2.23. The van der Waals surface area contributed by atoms with Gasteiger partial charge in [-0.15, -0.1) is 0 Å². The molecule has 0 radical (unpaired) electrons. The fourth-order valence-electron chi connectivity index (χ4n) is 1.49. The third-order valence-electron chi connectivity index (χ3n) is 2.27. The average molecular weight is 272 g/mol. The molecule has 0 unspecified atom stereocenters. The molecule has 0 aliphatic carbocycles. The van der Waals surface area contributed by atoms with Crippen molar-refractivity contribution in [1.29, 1.82) is 0 Å². The third kappa shape index (κ3) is 2.38. The summed E-state index contributed by atoms with van der Waals surface area (Å²) in [6.45, 7) is 1.32. The number of rotatable bonds is 2. The largest absolute Gasteiger partial charge is 0.524 e. The number of phosphoric acid groups is 1. The fraction of sp³-hybridized carbons (Fsp3) is 0.100. The molecule has 8 heteroatoms. The first-order valence-electron chi connectivity index (χ1n) is 4.79. The van der Waals surface area contributed by atoms with Crippen LogP contribution in [0.2, 0.25) is 0 Å². The van der Waals surface area contributed by atoms with Gasteiger partial charge in [0.15, 0.2) is 5.75 Å². The number of hydrogen-bond acceptors (Lipinski definition) is 5. The van der Waals surface area contributed by atoms with E-state index in [2.05, 4.69) is 4.52 Å². The molecule has 1 heterocycles. The molecular weight excluding hydrogens is 263 g/mol. The maximum Gasteiger partial charge on any atom is 0.524 e. The Morgan fingerprint density at radius 1 is 1.33 bits per heavy atom. The molecule has 2 rings (SSSR count). The van der Waals surface area contributed by atoms with E-state index in [0.717, 1.165) is 6.07 Å². The Balaban J connectivity index is 2.80. The molecule has 0 aliphatic heterocycles. The second kappa shape index (κ2) is 4.13. The van der Waals surface area contributed by atoms with Crippen LogP contribution in [0.4, 0.5) is 0 Å². The Labute approximate surface area is 100 Å². The van der Waals surface area contributed by atoms with Crippen molar-refractivity contribution in [2.75, 3.05) is 0 Å². The minimum atomic E-state index is -4.79. The van der Waals surface area contributed by atoms with Crippen LogP contribution in [0.15, 0.2) is 27.4 Å². The number of phenolic OH excluding ortho intramolecular Hbond substituents is 1. The molecule has 0 spiro atoms. The molecule has 0 bridgehead atoms. The van der Waals surface area contributed by atoms with Gasteiger partial charge in [0, 0.05) is 6.07 Å². The highest BCUT2D eigenvalue weighted by Crippen LogP contribution is 2.41. The van der Waals surface area contributed by atoms with E-state index in [1.54, 1.807) is 0 Å². The van der Waals surface area contributed by atoms with Crippen LogP contribution < -0.4 is 10.1 Å². The van der Waals surface area contributed by atoms with Crippen molar-refractivity contribution in [3.05, 3.63) is 34.2 Å². The third-order valence-corrected chi connectivity index (χ3v) is 2.69. The van der Waals surface area contributed by atoms with Gasteiger partial charge in [-0.3, -0.25) is 9.79 Å². The molecule has 1 aromatic carbocycles. The molecule has 18 heavy (non-hydrogen) atoms. The molecule has 0 saturated carbocycles. The second-order valence-electron chi connectivity index (χ2n) is 3.61. The first kappa shape index (κ1) is 12.6. The highest BCUT2D eigenvalue weighted by Gasteiger charge is 2.22. The normalized spacial score (nSPS) is 11.7. The summed E-state index contributed by atoms with van der Waals surface area (Å²) in [5, 5.41) is 9.45. The van der Waals surface area contributed by atoms with E-state index in [1.165, 1.54) is 19.1 Å². The summed E-state index contributed by atoms with van der Waals surface area (Å²) in [6.07, 6.45) is 0. The number of benzene rings is 1. The molecule has 3 N–H and O–H groups in total. The second-order valence-corrected chi connectivity index (χ2v) is 4.77. The van der Waals surface area contributed by atoms with E-state index in [-0.39, 0.29) is 28.0 Å². The van der Waals surface area contributed by atoms with Crippen LogP contribution in [0.5, 0.6) is 11.5 Å². The molecule has 0 amide bonds. The standard InChI is InChI=1S/C10H9O7P/c1-5-9(17-18(13,14)15)7-3-2-6(11)4-8(7)16-10(5)12/h2-4,11H,1H3,(H2,13,14,15). The van der Waals surface area contributed by atoms with Crippen molar-refractivity contribution in [3.8, 4) is 11.5 Å². The van der Waals surface area contributed by atoms with Gasteiger partial charge in [-0.05, 0) is 19.1 Å². The van der Waals surface area contributed by atoms with Gasteiger partial charge in [0.05, 0.1) is 10.9 Å². The fourth-order valence-corrected chi connectivity index (χ4v) is 1.96. The number of aromatic hydroxyl groups is 1. The summed E-state index contributed by atoms with van der Waals surface area (Å²) in [6, 6.07) is 3.78. The summed E-state index contributed by atoms with van der Waals surface area (Å²) < 4.78 is 20.2. The molecular formula is C10H9O7P. The lowest BCUT2D eigenvalue weighted by molar-refractivity contribution is 0.283. The molecule has 0 fully saturated rings. The van der Waals surface area contributed by atoms with Crippen LogP contribution in [0.1, 0.15) is 5.56 Å². The molecule has 0 aliphatic rings. The Morgan fingerprint density at radius 2 is 2.00 bits per heavy atom. The lowest BCUT2D eigenvalue weighted by atomic mass is 10.1. The van der Waals surface area contributed by atoms with Crippen LogP contribution in [0, 0.1) is 6.92 Å². The smallest absolute Gasteiger partial charge is 0.508 e. The van der Waals surface area contributed by atoms with Crippen LogP contribution in [-0.4, -0.2) is 14.9 Å². The minimum absolute atomic E-state index is 0.0194. The van der Waals surface area contributed by atoms with Crippen molar-refractivity contribution in [2.45, 2.75) is 6.92 Å². The number of phenols is 1. The maximum absolute atomic E-state index is 11.5. The topological polar surface area (TPSA) is 117 Å². The van der Waals surface area contributed by atoms with Gasteiger partial charge in [-0.2, -0.15) is 0 Å². The Kier molecular flexibility index (Phi) is 2.90. The van der Waals surface area contributed by atoms with Gasteiger partial charge in [0.2, 0.25) is 0 Å². The first-order chi connectivity index (χ1) is 8.28. The first-order valence-corrected chi connectivity index (χ1v) is 6.32. The number of hydrogen-bond donors (Lipinski definition) is 3. The molecule has 7 nitrogen and oxygen atoms in total. The van der Waals surface area contributed by atoms with Crippen molar-refractivity contribution >= 4 is 18.8 Å². The van der Waals surface area contributed by atoms with Gasteiger partial charge in [0.1, 0.15) is 11.3 Å². The Hall–Kier alpha value is -1.82. The van der Waals surface area contributed by atoms with Crippen molar-refractivity contribution < 1.29 is 28.4 Å². The quantitative estimate of drug-likeness (QED) is 0.556. The van der Waals surface area contributed by atoms with Crippen molar-refractivity contribution in [2.24, 2.45) is 0 Å². The van der Waals surface area contributed by atoms with Gasteiger partial charge >= 0.3 is 13.4 Å². The maximum atomic E-state index is 11.5.